The van der Waals surface area contributed by atoms with Gasteiger partial charge in [-0.2, -0.15) is 0 Å². The molecule has 1 aromatic carbocycles. The molecule has 1 saturated heterocycles. The van der Waals surface area contributed by atoms with Crippen LogP contribution < -0.4 is 5.32 Å². The second kappa shape index (κ2) is 6.52. The number of likely N-dealkylation sites (tertiary alicyclic amines) is 1. The van der Waals surface area contributed by atoms with Gasteiger partial charge in [0.2, 0.25) is 0 Å². The Balaban J connectivity index is 1.91. The zero-order valence-electron chi connectivity index (χ0n) is 15.3. The highest BCUT2D eigenvalue weighted by molar-refractivity contribution is 5.75. The SMILES string of the molecule is COCC1(C)CN(C(=O)NCC(C)(C)c2ccc(C)cc2C)C1. The first-order valence-electron chi connectivity index (χ1n) is 8.26. The van der Waals surface area contributed by atoms with Crippen LogP contribution in [0.4, 0.5) is 4.79 Å². The minimum Gasteiger partial charge on any atom is -0.384 e. The maximum atomic E-state index is 12.3. The summed E-state index contributed by atoms with van der Waals surface area (Å²) >= 11 is 0. The number of nitrogens with one attached hydrogen (secondary N) is 1. The molecule has 4 nitrogen and oxygen atoms in total. The van der Waals surface area contributed by atoms with Crippen LogP contribution in [-0.2, 0) is 10.2 Å². The normalized spacial score (nSPS) is 16.9. The Labute approximate surface area is 140 Å². The summed E-state index contributed by atoms with van der Waals surface area (Å²) in [5, 5.41) is 3.09. The Morgan fingerprint density at radius 1 is 1.35 bits per heavy atom. The molecule has 128 valence electrons. The van der Waals surface area contributed by atoms with Gasteiger partial charge < -0.3 is 15.0 Å². The molecule has 1 aliphatic rings. The van der Waals surface area contributed by atoms with Crippen molar-refractivity contribution in [1.29, 1.82) is 0 Å². The number of methoxy groups -OCH3 is 1. The van der Waals surface area contributed by atoms with Crippen molar-refractivity contribution in [2.24, 2.45) is 5.41 Å². The second-order valence-electron chi connectivity index (χ2n) is 7.96. The van der Waals surface area contributed by atoms with Gasteiger partial charge in [-0.15, -0.1) is 0 Å². The summed E-state index contributed by atoms with van der Waals surface area (Å²) in [5.41, 5.74) is 3.85. The number of urea groups is 1. The summed E-state index contributed by atoms with van der Waals surface area (Å²) in [4.78, 5) is 14.2. The molecule has 0 atom stereocenters. The third-order valence-corrected chi connectivity index (χ3v) is 4.72. The summed E-state index contributed by atoms with van der Waals surface area (Å²) in [6.45, 7) is 13.6. The summed E-state index contributed by atoms with van der Waals surface area (Å²) in [5.74, 6) is 0. The number of nitrogens with zero attached hydrogens (tertiary/aromatic N) is 1. The van der Waals surface area contributed by atoms with Crippen molar-refractivity contribution in [2.75, 3.05) is 33.4 Å². The van der Waals surface area contributed by atoms with E-state index in [1.54, 1.807) is 7.11 Å². The van der Waals surface area contributed by atoms with Crippen molar-refractivity contribution in [3.63, 3.8) is 0 Å². The first-order valence-corrected chi connectivity index (χ1v) is 8.26. The fourth-order valence-electron chi connectivity index (χ4n) is 3.54. The number of carbonyl (C=O) groups excluding carboxylic acids is 1. The van der Waals surface area contributed by atoms with Gasteiger partial charge in [0, 0.05) is 37.6 Å². The lowest BCUT2D eigenvalue weighted by atomic mass is 9.81. The number of carbonyl (C=O) groups is 1. The molecule has 1 fully saturated rings. The Bertz CT molecular complexity index is 575. The largest absolute Gasteiger partial charge is 0.384 e. The molecule has 1 aliphatic heterocycles. The lowest BCUT2D eigenvalue weighted by Gasteiger charge is -2.47. The van der Waals surface area contributed by atoms with Crippen molar-refractivity contribution >= 4 is 6.03 Å². The van der Waals surface area contributed by atoms with Crippen LogP contribution in [0.1, 0.15) is 37.5 Å². The molecule has 2 rings (SSSR count). The van der Waals surface area contributed by atoms with Gasteiger partial charge in [0.1, 0.15) is 0 Å². The fourth-order valence-corrected chi connectivity index (χ4v) is 3.54. The van der Waals surface area contributed by atoms with Crippen LogP contribution in [0.3, 0.4) is 0 Å². The minimum absolute atomic E-state index is 0.0245. The zero-order valence-corrected chi connectivity index (χ0v) is 15.3. The van der Waals surface area contributed by atoms with Gasteiger partial charge in [-0.3, -0.25) is 0 Å². The van der Waals surface area contributed by atoms with E-state index in [1.807, 2.05) is 4.90 Å². The maximum Gasteiger partial charge on any atom is 0.317 e. The molecule has 0 unspecified atom stereocenters. The van der Waals surface area contributed by atoms with Gasteiger partial charge in [0.15, 0.2) is 0 Å². The standard InChI is InChI=1S/C19H30N2O2/c1-14-7-8-16(15(2)9-14)18(3,4)10-20-17(22)21-11-19(5,12-21)13-23-6/h7-9H,10-13H2,1-6H3,(H,20,22). The molecule has 1 N–H and O–H groups in total. The van der Waals surface area contributed by atoms with E-state index in [1.165, 1.54) is 16.7 Å². The third-order valence-electron chi connectivity index (χ3n) is 4.72. The Hall–Kier alpha value is -1.55. The van der Waals surface area contributed by atoms with Crippen molar-refractivity contribution < 1.29 is 9.53 Å². The Morgan fingerprint density at radius 3 is 2.57 bits per heavy atom. The summed E-state index contributed by atoms with van der Waals surface area (Å²) in [6, 6.07) is 6.54. The molecule has 0 spiro atoms. The molecule has 4 heteroatoms. The quantitative estimate of drug-likeness (QED) is 0.905. The summed E-state index contributed by atoms with van der Waals surface area (Å²) in [6.07, 6.45) is 0. The van der Waals surface area contributed by atoms with E-state index in [0.29, 0.717) is 13.2 Å². The molecule has 0 saturated carbocycles. The number of aryl methyl sites for hydroxylation is 2. The smallest absolute Gasteiger partial charge is 0.317 e. The van der Waals surface area contributed by atoms with Gasteiger partial charge in [0.05, 0.1) is 6.61 Å². The van der Waals surface area contributed by atoms with Crippen molar-refractivity contribution in [2.45, 2.75) is 40.0 Å². The molecule has 0 aliphatic carbocycles. The fraction of sp³-hybridized carbons (Fsp3) is 0.632. The maximum absolute atomic E-state index is 12.3. The van der Waals surface area contributed by atoms with Crippen molar-refractivity contribution in [1.82, 2.24) is 10.2 Å². The van der Waals surface area contributed by atoms with E-state index < -0.39 is 0 Å². The van der Waals surface area contributed by atoms with Crippen LogP contribution in [0, 0.1) is 19.3 Å². The lowest BCUT2D eigenvalue weighted by Crippen LogP contribution is -2.61. The summed E-state index contributed by atoms with van der Waals surface area (Å²) < 4.78 is 5.21. The first-order chi connectivity index (χ1) is 10.7. The first kappa shape index (κ1) is 17.8. The van der Waals surface area contributed by atoms with Gasteiger partial charge in [-0.25, -0.2) is 4.79 Å². The lowest BCUT2D eigenvalue weighted by molar-refractivity contribution is -0.0173. The number of ether oxygens (including phenoxy) is 1. The Morgan fingerprint density at radius 2 is 2.00 bits per heavy atom. The van der Waals surface area contributed by atoms with Crippen LogP contribution in [0.25, 0.3) is 0 Å². The average Bonchev–Trinajstić information content (AvgIpc) is 2.42. The number of amides is 2. The molecule has 23 heavy (non-hydrogen) atoms. The monoisotopic (exact) mass is 318 g/mol. The van der Waals surface area contributed by atoms with Crippen LogP contribution in [0.2, 0.25) is 0 Å². The number of rotatable bonds is 5. The molecular formula is C19H30N2O2. The van der Waals surface area contributed by atoms with E-state index in [4.69, 9.17) is 4.74 Å². The van der Waals surface area contributed by atoms with Crippen LogP contribution >= 0.6 is 0 Å². The highest BCUT2D eigenvalue weighted by atomic mass is 16.5. The van der Waals surface area contributed by atoms with E-state index in [-0.39, 0.29) is 16.9 Å². The molecular weight excluding hydrogens is 288 g/mol. The van der Waals surface area contributed by atoms with Crippen LogP contribution in [0.5, 0.6) is 0 Å². The van der Waals surface area contributed by atoms with Crippen molar-refractivity contribution in [3.8, 4) is 0 Å². The van der Waals surface area contributed by atoms with Gasteiger partial charge in [0.25, 0.3) is 0 Å². The van der Waals surface area contributed by atoms with E-state index in [9.17, 15) is 4.79 Å². The molecule has 1 heterocycles. The highest BCUT2D eigenvalue weighted by Crippen LogP contribution is 2.30. The highest BCUT2D eigenvalue weighted by Gasteiger charge is 2.41. The second-order valence-corrected chi connectivity index (χ2v) is 7.96. The molecule has 0 radical (unpaired) electrons. The van der Waals surface area contributed by atoms with E-state index >= 15 is 0 Å². The molecule has 1 aromatic rings. The minimum atomic E-state index is -0.0891. The molecule has 0 bridgehead atoms. The predicted molar refractivity (Wildman–Crippen MR) is 93.9 cm³/mol. The van der Waals surface area contributed by atoms with Gasteiger partial charge >= 0.3 is 6.03 Å². The van der Waals surface area contributed by atoms with Gasteiger partial charge in [-0.05, 0) is 25.0 Å². The van der Waals surface area contributed by atoms with Gasteiger partial charge in [-0.1, -0.05) is 44.5 Å². The van der Waals surface area contributed by atoms with E-state index in [0.717, 1.165) is 13.1 Å². The number of benzene rings is 1. The third kappa shape index (κ3) is 4.05. The zero-order chi connectivity index (χ0) is 17.3. The average molecular weight is 318 g/mol. The van der Waals surface area contributed by atoms with Crippen LogP contribution in [-0.4, -0.2) is 44.3 Å². The van der Waals surface area contributed by atoms with Crippen molar-refractivity contribution in [3.05, 3.63) is 34.9 Å². The van der Waals surface area contributed by atoms with Crippen LogP contribution in [0.15, 0.2) is 18.2 Å². The number of hydrogen-bond acceptors (Lipinski definition) is 2. The molecule has 0 aromatic heterocycles. The topological polar surface area (TPSA) is 41.6 Å². The predicted octanol–water partition coefficient (Wildman–Crippen LogP) is 3.26. The Kier molecular flexibility index (Phi) is 5.04. The van der Waals surface area contributed by atoms with E-state index in [2.05, 4.69) is 58.1 Å². The number of hydrogen-bond donors (Lipinski definition) is 1. The molecule has 2 amide bonds. The summed E-state index contributed by atoms with van der Waals surface area (Å²) in [7, 11) is 1.71.